The van der Waals surface area contributed by atoms with Crippen LogP contribution in [0.4, 0.5) is 0 Å². The third-order valence-corrected chi connectivity index (χ3v) is 2.22. The number of carbonyl (C=O) groups excluding carboxylic acids is 2. The van der Waals surface area contributed by atoms with E-state index in [4.69, 9.17) is 20.7 Å². The van der Waals surface area contributed by atoms with Gasteiger partial charge in [0.25, 0.3) is 0 Å². The third-order valence-electron chi connectivity index (χ3n) is 2.22. The second kappa shape index (κ2) is 12.3. The Morgan fingerprint density at radius 1 is 1.29 bits per heavy atom. The molecule has 1 saturated heterocycles. The van der Waals surface area contributed by atoms with Gasteiger partial charge in [-0.05, 0) is 33.6 Å². The molecule has 0 aromatic carbocycles. The summed E-state index contributed by atoms with van der Waals surface area (Å²) in [5.41, 5.74) is 4.67. The minimum absolute atomic E-state index is 0.0231. The molecule has 1 heterocycles. The first-order valence-electron chi connectivity index (χ1n) is 7.40. The molecule has 9 heteroatoms. The van der Waals surface area contributed by atoms with Gasteiger partial charge in [-0.15, -0.1) is 0 Å². The lowest BCUT2D eigenvalue weighted by atomic mass is 10.2. The first-order chi connectivity index (χ1) is 10.8. The van der Waals surface area contributed by atoms with Crippen LogP contribution in [-0.2, 0) is 28.7 Å². The van der Waals surface area contributed by atoms with E-state index in [1.165, 1.54) is 6.92 Å². The Morgan fingerprint density at radius 2 is 1.83 bits per heavy atom. The normalized spacial score (nSPS) is 14.1. The van der Waals surface area contributed by atoms with Crippen LogP contribution in [0.25, 0.3) is 0 Å². The molecule has 0 aromatic heterocycles. The Bertz CT molecular complexity index is 420. The molecule has 0 unspecified atom stereocenters. The van der Waals surface area contributed by atoms with E-state index in [1.54, 1.807) is 0 Å². The fourth-order valence-corrected chi connectivity index (χ4v) is 1.31. The quantitative estimate of drug-likeness (QED) is 0.629. The van der Waals surface area contributed by atoms with E-state index < -0.39 is 18.0 Å². The molecule has 1 aliphatic heterocycles. The smallest absolute Gasteiger partial charge is 0.320 e. The minimum Gasteiger partial charge on any atom is -0.481 e. The van der Waals surface area contributed by atoms with Crippen LogP contribution in [0.3, 0.4) is 0 Å². The van der Waals surface area contributed by atoms with Crippen molar-refractivity contribution in [1.82, 2.24) is 0 Å². The van der Waals surface area contributed by atoms with Crippen molar-refractivity contribution >= 4 is 23.9 Å². The number of hydrogen-bond donors (Lipinski definition) is 3. The number of carboxylic acids is 2. The highest BCUT2D eigenvalue weighted by Gasteiger charge is 2.12. The van der Waals surface area contributed by atoms with E-state index in [0.717, 1.165) is 6.42 Å². The number of cyclic esters (lactones) is 1. The molecule has 140 valence electrons. The summed E-state index contributed by atoms with van der Waals surface area (Å²) >= 11 is 0. The standard InChI is InChI=1S/C6H12O2.C5H9NO4.C4H6O2/c1-5(7)8-6(2,3)4;6-3(5(9)10)1-2-4(7)8;5-4-2-1-3-6-4/h1-4H3;3H,1-2,6H2,(H,7,8)(H,9,10);1-3H2/t;3-;/m.0./s1. The highest BCUT2D eigenvalue weighted by atomic mass is 16.6. The molecule has 0 radical (unpaired) electrons. The van der Waals surface area contributed by atoms with Crippen LogP contribution in [0.2, 0.25) is 0 Å². The van der Waals surface area contributed by atoms with Gasteiger partial charge in [0.05, 0.1) is 6.61 Å². The number of carbonyl (C=O) groups is 4. The molecule has 9 nitrogen and oxygen atoms in total. The Hall–Kier alpha value is -2.16. The molecule has 0 aromatic rings. The molecule has 4 N–H and O–H groups in total. The van der Waals surface area contributed by atoms with Crippen LogP contribution in [-0.4, -0.2) is 52.3 Å². The van der Waals surface area contributed by atoms with Gasteiger partial charge >= 0.3 is 23.9 Å². The van der Waals surface area contributed by atoms with Gasteiger partial charge in [0.1, 0.15) is 11.6 Å². The number of ether oxygens (including phenoxy) is 2. The zero-order valence-electron chi connectivity index (χ0n) is 14.5. The summed E-state index contributed by atoms with van der Waals surface area (Å²) in [5, 5.41) is 16.3. The molecule has 1 atom stereocenters. The summed E-state index contributed by atoms with van der Waals surface area (Å²) < 4.78 is 9.31. The first kappa shape index (κ1) is 24.1. The van der Waals surface area contributed by atoms with E-state index in [0.29, 0.717) is 13.0 Å². The predicted molar refractivity (Wildman–Crippen MR) is 84.2 cm³/mol. The highest BCUT2D eigenvalue weighted by molar-refractivity contribution is 5.74. The average molecular weight is 349 g/mol. The van der Waals surface area contributed by atoms with E-state index in [-0.39, 0.29) is 30.4 Å². The molecule has 1 aliphatic rings. The summed E-state index contributed by atoms with van der Waals surface area (Å²) in [6.07, 6.45) is 1.32. The molecule has 1 fully saturated rings. The number of aliphatic carboxylic acids is 2. The van der Waals surface area contributed by atoms with Crippen LogP contribution in [0.5, 0.6) is 0 Å². The maximum absolute atomic E-state index is 10.2. The molecule has 24 heavy (non-hydrogen) atoms. The van der Waals surface area contributed by atoms with Gasteiger partial charge < -0.3 is 25.4 Å². The zero-order valence-corrected chi connectivity index (χ0v) is 14.5. The van der Waals surface area contributed by atoms with Crippen molar-refractivity contribution in [1.29, 1.82) is 0 Å². The largest absolute Gasteiger partial charge is 0.481 e. The van der Waals surface area contributed by atoms with E-state index >= 15 is 0 Å². The monoisotopic (exact) mass is 349 g/mol. The molecule has 0 amide bonds. The molecular weight excluding hydrogens is 322 g/mol. The van der Waals surface area contributed by atoms with E-state index in [2.05, 4.69) is 4.74 Å². The third kappa shape index (κ3) is 19.8. The lowest BCUT2D eigenvalue weighted by Crippen LogP contribution is -2.30. The predicted octanol–water partition coefficient (Wildman–Crippen LogP) is 0.935. The first-order valence-corrected chi connectivity index (χ1v) is 7.40. The number of rotatable bonds is 4. The van der Waals surface area contributed by atoms with Gasteiger partial charge in [-0.25, -0.2) is 0 Å². The Balaban J connectivity index is 0. The Morgan fingerprint density at radius 3 is 2.00 bits per heavy atom. The second-order valence-electron chi connectivity index (χ2n) is 5.91. The Kier molecular flexibility index (Phi) is 12.3. The molecule has 0 saturated carbocycles. The second-order valence-corrected chi connectivity index (χ2v) is 5.91. The van der Waals surface area contributed by atoms with Crippen LogP contribution < -0.4 is 5.73 Å². The number of nitrogens with two attached hydrogens (primary N) is 1. The minimum atomic E-state index is -1.17. The van der Waals surface area contributed by atoms with Crippen molar-refractivity contribution in [3.05, 3.63) is 0 Å². The maximum atomic E-state index is 10.2. The topological polar surface area (TPSA) is 153 Å². The molecule has 1 rings (SSSR count). The summed E-state index contributed by atoms with van der Waals surface area (Å²) in [6, 6.07) is -1.06. The Labute approximate surface area is 141 Å². The zero-order chi connectivity index (χ0) is 19.3. The van der Waals surface area contributed by atoms with Gasteiger partial charge in [0.2, 0.25) is 0 Å². The van der Waals surface area contributed by atoms with Crippen molar-refractivity contribution in [3.8, 4) is 0 Å². The summed E-state index contributed by atoms with van der Waals surface area (Å²) in [5.74, 6) is -2.47. The average Bonchev–Trinajstić information content (AvgIpc) is 2.85. The van der Waals surface area contributed by atoms with Crippen molar-refractivity contribution < 1.29 is 38.9 Å². The highest BCUT2D eigenvalue weighted by Crippen LogP contribution is 2.05. The fraction of sp³-hybridized carbons (Fsp3) is 0.733. The summed E-state index contributed by atoms with van der Waals surface area (Å²) in [6.45, 7) is 7.57. The lowest BCUT2D eigenvalue weighted by Gasteiger charge is -2.17. The number of hydrogen-bond acceptors (Lipinski definition) is 7. The van der Waals surface area contributed by atoms with E-state index in [9.17, 15) is 19.2 Å². The van der Waals surface area contributed by atoms with Crippen molar-refractivity contribution in [2.24, 2.45) is 5.73 Å². The van der Waals surface area contributed by atoms with Gasteiger partial charge in [-0.3, -0.25) is 19.2 Å². The fourth-order valence-electron chi connectivity index (χ4n) is 1.31. The molecule has 0 aliphatic carbocycles. The number of esters is 2. The van der Waals surface area contributed by atoms with Crippen LogP contribution >= 0.6 is 0 Å². The van der Waals surface area contributed by atoms with Crippen LogP contribution in [0.1, 0.15) is 53.4 Å². The van der Waals surface area contributed by atoms with Gasteiger partial charge in [0.15, 0.2) is 0 Å². The maximum Gasteiger partial charge on any atom is 0.320 e. The molecule has 0 bridgehead atoms. The molecule has 0 spiro atoms. The van der Waals surface area contributed by atoms with Crippen LogP contribution in [0.15, 0.2) is 0 Å². The lowest BCUT2D eigenvalue weighted by molar-refractivity contribution is -0.152. The van der Waals surface area contributed by atoms with Crippen molar-refractivity contribution in [2.75, 3.05) is 6.61 Å². The van der Waals surface area contributed by atoms with Gasteiger partial charge in [-0.1, -0.05) is 0 Å². The van der Waals surface area contributed by atoms with Crippen molar-refractivity contribution in [2.45, 2.75) is 65.0 Å². The molecular formula is C15H27NO8. The van der Waals surface area contributed by atoms with E-state index in [1.807, 2.05) is 20.8 Å². The van der Waals surface area contributed by atoms with Crippen molar-refractivity contribution in [3.63, 3.8) is 0 Å². The SMILES string of the molecule is CC(=O)OC(C)(C)C.N[C@@H](CCC(=O)O)C(=O)O.O=C1CCCO1. The van der Waals surface area contributed by atoms with Crippen LogP contribution in [0, 0.1) is 0 Å². The van der Waals surface area contributed by atoms with Gasteiger partial charge in [-0.2, -0.15) is 0 Å². The summed E-state index contributed by atoms with van der Waals surface area (Å²) in [7, 11) is 0. The number of carboxylic acid groups (broad SMARTS) is 2. The summed E-state index contributed by atoms with van der Waals surface area (Å²) in [4.78, 5) is 40.1. The van der Waals surface area contributed by atoms with Gasteiger partial charge in [0, 0.05) is 19.8 Å².